The first kappa shape index (κ1) is 18.5. The van der Waals surface area contributed by atoms with Crippen LogP contribution in [0.5, 0.6) is 0 Å². The lowest BCUT2D eigenvalue weighted by atomic mass is 9.42. The molecule has 0 unspecified atom stereocenters. The smallest absolute Gasteiger partial charge is 0.328 e. The summed E-state index contributed by atoms with van der Waals surface area (Å²) < 4.78 is 0. The van der Waals surface area contributed by atoms with Crippen molar-refractivity contribution < 1.29 is 9.90 Å². The van der Waals surface area contributed by atoms with Gasteiger partial charge in [-0.3, -0.25) is 0 Å². The van der Waals surface area contributed by atoms with Crippen LogP contribution in [0.25, 0.3) is 0 Å². The highest BCUT2D eigenvalue weighted by Crippen LogP contribution is 2.65. The third kappa shape index (κ3) is 3.80. The zero-order chi connectivity index (χ0) is 18.1. The minimum atomic E-state index is -0.911. The monoisotopic (exact) mass is 326 g/mol. The van der Waals surface area contributed by atoms with E-state index in [0.29, 0.717) is 11.3 Å². The first-order chi connectivity index (χ1) is 11.0. The Morgan fingerprint density at radius 3 is 2.38 bits per heavy atom. The SMILES string of the molecule is CC(=C/C=C/C(C)=C/C(=O)O)/C=C/C1=CC(C)(C)[C@@H]2C[C@H]1C2(C)C. The van der Waals surface area contributed by atoms with E-state index in [9.17, 15) is 4.79 Å². The molecule has 3 aliphatic carbocycles. The number of carbonyl (C=O) groups is 1. The molecule has 2 heteroatoms. The molecule has 2 nitrogen and oxygen atoms in total. The predicted octanol–water partition coefficient (Wildman–Crippen LogP) is 5.70. The maximum atomic E-state index is 10.6. The fourth-order valence-corrected chi connectivity index (χ4v) is 4.43. The lowest BCUT2D eigenvalue weighted by Gasteiger charge is -2.62. The summed E-state index contributed by atoms with van der Waals surface area (Å²) in [5.41, 5.74) is 4.02. The van der Waals surface area contributed by atoms with E-state index in [1.165, 1.54) is 18.1 Å². The molecule has 0 radical (unpaired) electrons. The van der Waals surface area contributed by atoms with Gasteiger partial charge in [0.2, 0.25) is 0 Å². The first-order valence-corrected chi connectivity index (χ1v) is 8.71. The lowest BCUT2D eigenvalue weighted by Crippen LogP contribution is -2.54. The third-order valence-electron chi connectivity index (χ3n) is 5.71. The van der Waals surface area contributed by atoms with Gasteiger partial charge < -0.3 is 5.11 Å². The van der Waals surface area contributed by atoms with Crippen molar-refractivity contribution >= 4 is 5.97 Å². The molecule has 3 rings (SSSR count). The van der Waals surface area contributed by atoms with Crippen LogP contribution >= 0.6 is 0 Å². The average Bonchev–Trinajstić information content (AvgIpc) is 2.42. The van der Waals surface area contributed by atoms with Gasteiger partial charge >= 0.3 is 5.97 Å². The molecule has 0 aromatic carbocycles. The molecule has 1 fully saturated rings. The maximum Gasteiger partial charge on any atom is 0.328 e. The summed E-state index contributed by atoms with van der Waals surface area (Å²) in [5.74, 6) is 0.553. The minimum Gasteiger partial charge on any atom is -0.478 e. The van der Waals surface area contributed by atoms with E-state index in [1.807, 2.05) is 18.2 Å². The van der Waals surface area contributed by atoms with E-state index >= 15 is 0 Å². The number of allylic oxidation sites excluding steroid dienone is 9. The van der Waals surface area contributed by atoms with Gasteiger partial charge in [0.25, 0.3) is 0 Å². The molecule has 1 N–H and O–H groups in total. The van der Waals surface area contributed by atoms with Crippen molar-refractivity contribution in [2.45, 2.75) is 48.0 Å². The van der Waals surface area contributed by atoms with E-state index in [1.54, 1.807) is 6.92 Å². The van der Waals surface area contributed by atoms with Crippen LogP contribution in [-0.2, 0) is 4.79 Å². The molecule has 0 aromatic rings. The quantitative estimate of drug-likeness (QED) is 0.519. The van der Waals surface area contributed by atoms with Crippen molar-refractivity contribution in [3.63, 3.8) is 0 Å². The van der Waals surface area contributed by atoms with E-state index in [2.05, 4.69) is 52.8 Å². The van der Waals surface area contributed by atoms with Crippen LogP contribution in [0.2, 0.25) is 0 Å². The first-order valence-electron chi connectivity index (χ1n) is 8.71. The maximum absolute atomic E-state index is 10.6. The summed E-state index contributed by atoms with van der Waals surface area (Å²) in [6.07, 6.45) is 15.1. The molecule has 24 heavy (non-hydrogen) atoms. The lowest BCUT2D eigenvalue weighted by molar-refractivity contribution is -0.131. The zero-order valence-electron chi connectivity index (χ0n) is 15.8. The average molecular weight is 326 g/mol. The van der Waals surface area contributed by atoms with Gasteiger partial charge in [-0.15, -0.1) is 0 Å². The number of carboxylic acids is 1. The van der Waals surface area contributed by atoms with Crippen molar-refractivity contribution in [1.29, 1.82) is 0 Å². The molecule has 130 valence electrons. The van der Waals surface area contributed by atoms with Crippen molar-refractivity contribution in [3.05, 3.63) is 59.3 Å². The summed E-state index contributed by atoms with van der Waals surface area (Å²) in [7, 11) is 0. The highest BCUT2D eigenvalue weighted by atomic mass is 16.4. The summed E-state index contributed by atoms with van der Waals surface area (Å²) in [4.78, 5) is 10.6. The summed E-state index contributed by atoms with van der Waals surface area (Å²) in [6.45, 7) is 13.4. The van der Waals surface area contributed by atoms with Gasteiger partial charge in [0.15, 0.2) is 0 Å². The van der Waals surface area contributed by atoms with Gasteiger partial charge in [-0.2, -0.15) is 0 Å². The molecule has 0 spiro atoms. The number of hydrogen-bond acceptors (Lipinski definition) is 1. The van der Waals surface area contributed by atoms with Crippen molar-refractivity contribution in [3.8, 4) is 0 Å². The van der Waals surface area contributed by atoms with Crippen LogP contribution in [0, 0.1) is 22.7 Å². The van der Waals surface area contributed by atoms with Gasteiger partial charge in [0.1, 0.15) is 0 Å². The number of carboxylic acid groups (broad SMARTS) is 1. The second-order valence-corrected chi connectivity index (χ2v) is 8.46. The summed E-state index contributed by atoms with van der Waals surface area (Å²) in [5, 5.41) is 8.69. The van der Waals surface area contributed by atoms with Crippen molar-refractivity contribution in [1.82, 2.24) is 0 Å². The van der Waals surface area contributed by atoms with Gasteiger partial charge in [0.05, 0.1) is 0 Å². The van der Waals surface area contributed by atoms with E-state index < -0.39 is 5.97 Å². The number of fused-ring (bicyclic) bond motifs is 1. The predicted molar refractivity (Wildman–Crippen MR) is 101 cm³/mol. The molecular weight excluding hydrogens is 296 g/mol. The Bertz CT molecular complexity index is 666. The van der Waals surface area contributed by atoms with Crippen molar-refractivity contribution in [2.75, 3.05) is 0 Å². The highest BCUT2D eigenvalue weighted by molar-refractivity contribution is 5.81. The van der Waals surface area contributed by atoms with Gasteiger partial charge in [0, 0.05) is 6.08 Å². The topological polar surface area (TPSA) is 37.3 Å². The standard InChI is InChI=1S/C22H30O2/c1-15(8-7-9-16(2)12-20(23)24)10-11-17-14-21(3,4)19-13-18(17)22(19,5)6/h7-12,14,18-19H,13H2,1-6H3,(H,23,24)/b9-7+,11-10+,15-8-,16-12+/t18-,19+/m1/s1. The van der Waals surface area contributed by atoms with Crippen LogP contribution in [0.4, 0.5) is 0 Å². The molecule has 0 heterocycles. The molecule has 2 bridgehead atoms. The minimum absolute atomic E-state index is 0.272. The second-order valence-electron chi connectivity index (χ2n) is 8.46. The zero-order valence-corrected chi connectivity index (χ0v) is 15.8. The molecular formula is C22H30O2. The normalized spacial score (nSPS) is 28.8. The summed E-state index contributed by atoms with van der Waals surface area (Å²) in [6, 6.07) is 0. The van der Waals surface area contributed by atoms with Crippen LogP contribution < -0.4 is 0 Å². The number of rotatable bonds is 5. The van der Waals surface area contributed by atoms with Crippen LogP contribution in [0.1, 0.15) is 48.0 Å². The highest BCUT2D eigenvalue weighted by Gasteiger charge is 2.57. The fourth-order valence-electron chi connectivity index (χ4n) is 4.43. The Kier molecular flexibility index (Phi) is 5.08. The molecule has 0 aromatic heterocycles. The Morgan fingerprint density at radius 1 is 1.17 bits per heavy atom. The van der Waals surface area contributed by atoms with Crippen LogP contribution in [0.3, 0.4) is 0 Å². The van der Waals surface area contributed by atoms with Gasteiger partial charge in [-0.25, -0.2) is 4.79 Å². The van der Waals surface area contributed by atoms with E-state index in [-0.39, 0.29) is 5.41 Å². The molecule has 2 atom stereocenters. The van der Waals surface area contributed by atoms with Crippen LogP contribution in [0.15, 0.2) is 59.3 Å². The molecule has 0 aliphatic heterocycles. The van der Waals surface area contributed by atoms with Crippen LogP contribution in [-0.4, -0.2) is 11.1 Å². The Morgan fingerprint density at radius 2 is 1.83 bits per heavy atom. The largest absolute Gasteiger partial charge is 0.478 e. The van der Waals surface area contributed by atoms with Gasteiger partial charge in [-0.05, 0) is 54.1 Å². The third-order valence-corrected chi connectivity index (χ3v) is 5.71. The Labute approximate surface area is 146 Å². The summed E-state index contributed by atoms with van der Waals surface area (Å²) >= 11 is 0. The van der Waals surface area contributed by atoms with E-state index in [4.69, 9.17) is 5.11 Å². The van der Waals surface area contributed by atoms with E-state index in [0.717, 1.165) is 17.1 Å². The Hall–Kier alpha value is -1.83. The second kappa shape index (κ2) is 6.58. The molecule has 0 amide bonds. The van der Waals surface area contributed by atoms with Crippen molar-refractivity contribution in [2.24, 2.45) is 22.7 Å². The van der Waals surface area contributed by atoms with Gasteiger partial charge in [-0.1, -0.05) is 69.7 Å². The number of aliphatic carboxylic acids is 1. The molecule has 1 saturated carbocycles. The number of hydrogen-bond donors (Lipinski definition) is 1. The molecule has 0 saturated heterocycles. The fraction of sp³-hybridized carbons (Fsp3) is 0.500. The Balaban J connectivity index is 2.08. The molecule has 3 aliphatic rings.